The molecule has 6 heteroatoms. The van der Waals surface area contributed by atoms with Crippen LogP contribution in [-0.4, -0.2) is 31.7 Å². The van der Waals surface area contributed by atoms with Crippen molar-refractivity contribution in [1.29, 1.82) is 0 Å². The summed E-state index contributed by atoms with van der Waals surface area (Å²) in [5.74, 6) is -0.297. The van der Waals surface area contributed by atoms with Gasteiger partial charge >= 0.3 is 0 Å². The zero-order valence-corrected chi connectivity index (χ0v) is 9.67. The number of carbonyl (C=O) groups is 1. The molecule has 0 saturated heterocycles. The van der Waals surface area contributed by atoms with Crippen LogP contribution in [0.3, 0.4) is 0 Å². The summed E-state index contributed by atoms with van der Waals surface area (Å²) in [6, 6.07) is 1.27. The minimum atomic E-state index is -0.434. The second kappa shape index (κ2) is 5.05. The molecular weight excluding hydrogens is 234 g/mol. The summed E-state index contributed by atoms with van der Waals surface area (Å²) < 4.78 is 10.00. The third-order valence-corrected chi connectivity index (χ3v) is 2.43. The molecule has 0 amide bonds. The van der Waals surface area contributed by atoms with Gasteiger partial charge in [0.25, 0.3) is 0 Å². The number of rotatable bonds is 4. The Labute approximate surface area is 97.7 Å². The number of phenols is 1. The first-order valence-electron chi connectivity index (χ1n) is 4.43. The fourth-order valence-electron chi connectivity index (χ4n) is 1.31. The number of hydrogen-bond acceptors (Lipinski definition) is 5. The summed E-state index contributed by atoms with van der Waals surface area (Å²) in [7, 11) is 2.76. The standard InChI is InChI=1S/C10H12ClNO4/c1-15-7-3-5(13)9(11)8(6(14)4-12)10(7)16-2/h3,13H,4,12H2,1-2H3. The van der Waals surface area contributed by atoms with Crippen molar-refractivity contribution in [1.82, 2.24) is 0 Å². The zero-order valence-electron chi connectivity index (χ0n) is 8.91. The summed E-state index contributed by atoms with van der Waals surface area (Å²) in [6.45, 7) is -0.233. The van der Waals surface area contributed by atoms with Gasteiger partial charge in [-0.05, 0) is 0 Å². The van der Waals surface area contributed by atoms with Gasteiger partial charge in [0.1, 0.15) is 5.75 Å². The first kappa shape index (κ1) is 12.6. The van der Waals surface area contributed by atoms with Crippen LogP contribution in [0.4, 0.5) is 0 Å². The second-order valence-electron chi connectivity index (χ2n) is 2.95. The van der Waals surface area contributed by atoms with Gasteiger partial charge in [-0.1, -0.05) is 11.6 Å². The molecule has 0 heterocycles. The highest BCUT2D eigenvalue weighted by Gasteiger charge is 2.22. The van der Waals surface area contributed by atoms with E-state index in [1.165, 1.54) is 20.3 Å². The fourth-order valence-corrected chi connectivity index (χ4v) is 1.56. The van der Waals surface area contributed by atoms with Crippen LogP contribution in [0.25, 0.3) is 0 Å². The molecule has 3 N–H and O–H groups in total. The van der Waals surface area contributed by atoms with Crippen molar-refractivity contribution >= 4 is 17.4 Å². The Kier molecular flexibility index (Phi) is 3.98. The first-order valence-corrected chi connectivity index (χ1v) is 4.81. The van der Waals surface area contributed by atoms with E-state index < -0.39 is 5.78 Å². The Morgan fingerprint density at radius 2 is 2.12 bits per heavy atom. The largest absolute Gasteiger partial charge is 0.506 e. The van der Waals surface area contributed by atoms with Gasteiger partial charge < -0.3 is 20.3 Å². The van der Waals surface area contributed by atoms with Crippen molar-refractivity contribution in [2.75, 3.05) is 20.8 Å². The Morgan fingerprint density at radius 1 is 1.50 bits per heavy atom. The first-order chi connectivity index (χ1) is 7.56. The highest BCUT2D eigenvalue weighted by atomic mass is 35.5. The molecule has 1 aromatic carbocycles. The summed E-state index contributed by atoms with van der Waals surface area (Å²) >= 11 is 5.82. The number of phenolic OH excluding ortho intramolecular Hbond substituents is 1. The van der Waals surface area contributed by atoms with Gasteiger partial charge in [-0.3, -0.25) is 4.79 Å². The van der Waals surface area contributed by atoms with Crippen LogP contribution in [0, 0.1) is 0 Å². The fraction of sp³-hybridized carbons (Fsp3) is 0.300. The molecule has 0 saturated carbocycles. The molecule has 0 aliphatic carbocycles. The molecule has 0 spiro atoms. The summed E-state index contributed by atoms with van der Waals surface area (Å²) in [5.41, 5.74) is 5.28. The van der Waals surface area contributed by atoms with Crippen molar-refractivity contribution < 1.29 is 19.4 Å². The molecule has 0 unspecified atom stereocenters. The maximum absolute atomic E-state index is 11.6. The average Bonchev–Trinajstić information content (AvgIpc) is 2.30. The Morgan fingerprint density at radius 3 is 2.56 bits per heavy atom. The second-order valence-corrected chi connectivity index (χ2v) is 3.33. The number of aromatic hydroxyl groups is 1. The van der Waals surface area contributed by atoms with E-state index in [9.17, 15) is 9.90 Å². The monoisotopic (exact) mass is 245 g/mol. The van der Waals surface area contributed by atoms with Gasteiger partial charge in [-0.15, -0.1) is 0 Å². The van der Waals surface area contributed by atoms with E-state index >= 15 is 0 Å². The predicted octanol–water partition coefficient (Wildman–Crippen LogP) is 1.20. The molecule has 0 aromatic heterocycles. The number of nitrogens with two attached hydrogens (primary N) is 1. The Hall–Kier alpha value is -1.46. The molecule has 5 nitrogen and oxygen atoms in total. The van der Waals surface area contributed by atoms with Crippen LogP contribution in [0.15, 0.2) is 6.07 Å². The molecule has 0 aliphatic heterocycles. The third kappa shape index (κ3) is 2.05. The number of Topliss-reactive ketones (excluding diaryl/α,β-unsaturated/α-hetero) is 1. The molecule has 0 fully saturated rings. The minimum absolute atomic E-state index is 0.0310. The predicted molar refractivity (Wildman–Crippen MR) is 59.6 cm³/mol. The molecule has 0 bridgehead atoms. The SMILES string of the molecule is COc1cc(O)c(Cl)c(C(=O)CN)c1OC. The van der Waals surface area contributed by atoms with E-state index in [1.54, 1.807) is 0 Å². The van der Waals surface area contributed by atoms with Crippen molar-refractivity contribution in [2.24, 2.45) is 5.73 Å². The third-order valence-electron chi connectivity index (χ3n) is 2.05. The smallest absolute Gasteiger partial charge is 0.181 e. The van der Waals surface area contributed by atoms with Crippen LogP contribution in [0.5, 0.6) is 17.2 Å². The van der Waals surface area contributed by atoms with E-state index in [-0.39, 0.29) is 34.4 Å². The molecular formula is C10H12ClNO4. The minimum Gasteiger partial charge on any atom is -0.506 e. The lowest BCUT2D eigenvalue weighted by Crippen LogP contribution is -2.15. The maximum atomic E-state index is 11.6. The summed E-state index contributed by atoms with van der Waals surface area (Å²) in [4.78, 5) is 11.6. The van der Waals surface area contributed by atoms with E-state index in [0.29, 0.717) is 0 Å². The number of ether oxygens (including phenoxy) is 2. The van der Waals surface area contributed by atoms with E-state index in [2.05, 4.69) is 0 Å². The molecule has 1 aromatic rings. The normalized spacial score (nSPS) is 10.0. The molecule has 16 heavy (non-hydrogen) atoms. The highest BCUT2D eigenvalue weighted by molar-refractivity contribution is 6.36. The lowest BCUT2D eigenvalue weighted by molar-refractivity contribution is 0.0997. The number of hydrogen-bond donors (Lipinski definition) is 2. The van der Waals surface area contributed by atoms with Crippen LogP contribution in [0.1, 0.15) is 10.4 Å². The van der Waals surface area contributed by atoms with Crippen molar-refractivity contribution in [3.8, 4) is 17.2 Å². The van der Waals surface area contributed by atoms with Crippen LogP contribution in [-0.2, 0) is 0 Å². The van der Waals surface area contributed by atoms with Gasteiger partial charge in [-0.25, -0.2) is 0 Å². The lowest BCUT2D eigenvalue weighted by atomic mass is 10.1. The summed E-state index contributed by atoms with van der Waals surface area (Å²) in [6.07, 6.45) is 0. The molecule has 0 aliphatic rings. The van der Waals surface area contributed by atoms with Gasteiger partial charge in [0, 0.05) is 6.07 Å². The average molecular weight is 246 g/mol. The molecule has 0 radical (unpaired) electrons. The van der Waals surface area contributed by atoms with Gasteiger partial charge in [0.15, 0.2) is 17.3 Å². The molecule has 88 valence electrons. The van der Waals surface area contributed by atoms with Gasteiger partial charge in [0.2, 0.25) is 0 Å². The Bertz CT molecular complexity index is 420. The maximum Gasteiger partial charge on any atom is 0.181 e. The van der Waals surface area contributed by atoms with Crippen LogP contribution in [0.2, 0.25) is 5.02 Å². The zero-order chi connectivity index (χ0) is 12.3. The van der Waals surface area contributed by atoms with E-state index in [4.69, 9.17) is 26.8 Å². The topological polar surface area (TPSA) is 81.8 Å². The number of ketones is 1. The number of methoxy groups -OCH3 is 2. The van der Waals surface area contributed by atoms with Crippen LogP contribution < -0.4 is 15.2 Å². The van der Waals surface area contributed by atoms with Gasteiger partial charge in [-0.2, -0.15) is 0 Å². The number of carbonyl (C=O) groups excluding carboxylic acids is 1. The Balaban J connectivity index is 3.53. The highest BCUT2D eigenvalue weighted by Crippen LogP contribution is 2.41. The van der Waals surface area contributed by atoms with Gasteiger partial charge in [0.05, 0.1) is 31.4 Å². The molecule has 1 rings (SSSR count). The lowest BCUT2D eigenvalue weighted by Gasteiger charge is -2.14. The summed E-state index contributed by atoms with van der Waals surface area (Å²) in [5, 5.41) is 9.43. The van der Waals surface area contributed by atoms with Crippen molar-refractivity contribution in [3.05, 3.63) is 16.7 Å². The van der Waals surface area contributed by atoms with E-state index in [0.717, 1.165) is 0 Å². The van der Waals surface area contributed by atoms with Crippen molar-refractivity contribution in [3.63, 3.8) is 0 Å². The van der Waals surface area contributed by atoms with Crippen molar-refractivity contribution in [2.45, 2.75) is 0 Å². The van der Waals surface area contributed by atoms with E-state index in [1.807, 2.05) is 0 Å². The number of benzene rings is 1. The number of halogens is 1. The molecule has 0 atom stereocenters. The quantitative estimate of drug-likeness (QED) is 0.779. The van der Waals surface area contributed by atoms with Crippen LogP contribution >= 0.6 is 11.6 Å².